The second kappa shape index (κ2) is 6.46. The lowest BCUT2D eigenvalue weighted by molar-refractivity contribution is 0.0479. The van der Waals surface area contributed by atoms with Gasteiger partial charge in [-0.2, -0.15) is 0 Å². The van der Waals surface area contributed by atoms with E-state index in [1.54, 1.807) is 12.1 Å². The summed E-state index contributed by atoms with van der Waals surface area (Å²) in [6.45, 7) is 6.01. The van der Waals surface area contributed by atoms with Crippen LogP contribution in [0.15, 0.2) is 24.3 Å². The average Bonchev–Trinajstić information content (AvgIpc) is 2.68. The Labute approximate surface area is 114 Å². The molecule has 1 aliphatic heterocycles. The second-order valence-corrected chi connectivity index (χ2v) is 5.55. The van der Waals surface area contributed by atoms with E-state index in [9.17, 15) is 9.50 Å². The monoisotopic (exact) mass is 266 g/mol. The first-order valence-electron chi connectivity index (χ1n) is 6.95. The van der Waals surface area contributed by atoms with Crippen LogP contribution in [-0.2, 0) is 6.42 Å². The quantitative estimate of drug-likeness (QED) is 0.865. The molecule has 1 unspecified atom stereocenters. The van der Waals surface area contributed by atoms with Gasteiger partial charge in [-0.1, -0.05) is 12.1 Å². The van der Waals surface area contributed by atoms with Gasteiger partial charge in [0.2, 0.25) is 0 Å². The number of rotatable bonds is 4. The highest BCUT2D eigenvalue weighted by atomic mass is 19.1. The molecular weight excluding hydrogens is 243 g/mol. The first-order valence-corrected chi connectivity index (χ1v) is 6.95. The third-order valence-electron chi connectivity index (χ3n) is 3.92. The maximum absolute atomic E-state index is 13.3. The molecule has 4 heteroatoms. The smallest absolute Gasteiger partial charge is 0.123 e. The lowest BCUT2D eigenvalue weighted by Gasteiger charge is -2.39. The normalized spacial score (nSPS) is 20.8. The Morgan fingerprint density at radius 2 is 2.21 bits per heavy atom. The van der Waals surface area contributed by atoms with E-state index in [0.29, 0.717) is 6.42 Å². The molecule has 0 aromatic heterocycles. The van der Waals surface area contributed by atoms with Crippen LogP contribution in [0, 0.1) is 5.82 Å². The van der Waals surface area contributed by atoms with Crippen molar-refractivity contribution in [2.75, 3.05) is 32.8 Å². The van der Waals surface area contributed by atoms with Crippen LogP contribution >= 0.6 is 0 Å². The summed E-state index contributed by atoms with van der Waals surface area (Å²) < 4.78 is 13.3. The van der Waals surface area contributed by atoms with E-state index in [1.165, 1.54) is 6.07 Å². The summed E-state index contributed by atoms with van der Waals surface area (Å²) in [6, 6.07) is 6.67. The van der Waals surface area contributed by atoms with Crippen LogP contribution in [0.3, 0.4) is 0 Å². The number of hydrogen-bond donors (Lipinski definition) is 2. The number of nitrogens with one attached hydrogen (secondary N) is 1. The Hall–Kier alpha value is -0.970. The van der Waals surface area contributed by atoms with Crippen LogP contribution < -0.4 is 5.32 Å². The Morgan fingerprint density at radius 1 is 1.37 bits per heavy atom. The van der Waals surface area contributed by atoms with Gasteiger partial charge in [0.15, 0.2) is 0 Å². The minimum atomic E-state index is -0.320. The van der Waals surface area contributed by atoms with E-state index in [1.807, 2.05) is 6.07 Å². The maximum Gasteiger partial charge on any atom is 0.123 e. The molecule has 1 aliphatic rings. The largest absolute Gasteiger partial charge is 0.394 e. The Kier molecular flexibility index (Phi) is 4.91. The summed E-state index contributed by atoms with van der Waals surface area (Å²) in [4.78, 5) is 2.32. The molecule has 2 rings (SSSR count). The second-order valence-electron chi connectivity index (χ2n) is 5.55. The molecule has 106 valence electrons. The van der Waals surface area contributed by atoms with Gasteiger partial charge in [0.1, 0.15) is 5.82 Å². The molecule has 1 aromatic rings. The van der Waals surface area contributed by atoms with Gasteiger partial charge in [0, 0.05) is 25.2 Å². The Balaban J connectivity index is 2.12. The van der Waals surface area contributed by atoms with Crippen molar-refractivity contribution >= 4 is 0 Å². The van der Waals surface area contributed by atoms with Crippen LogP contribution in [0.25, 0.3) is 0 Å². The summed E-state index contributed by atoms with van der Waals surface area (Å²) in [5.41, 5.74) is 0.619. The van der Waals surface area contributed by atoms with E-state index in [0.717, 1.165) is 38.2 Å². The zero-order valence-electron chi connectivity index (χ0n) is 11.5. The summed E-state index contributed by atoms with van der Waals surface area (Å²) in [6.07, 6.45) is 1.75. The number of halogens is 1. The van der Waals surface area contributed by atoms with Gasteiger partial charge in [0.25, 0.3) is 0 Å². The van der Waals surface area contributed by atoms with Crippen molar-refractivity contribution in [1.29, 1.82) is 0 Å². The van der Waals surface area contributed by atoms with Gasteiger partial charge < -0.3 is 10.4 Å². The molecule has 1 fully saturated rings. The van der Waals surface area contributed by atoms with Crippen LogP contribution in [0.2, 0.25) is 0 Å². The molecule has 1 heterocycles. The summed E-state index contributed by atoms with van der Waals surface area (Å²) in [7, 11) is 0. The van der Waals surface area contributed by atoms with E-state index >= 15 is 0 Å². The summed E-state index contributed by atoms with van der Waals surface area (Å²) in [5.74, 6) is -0.213. The first-order chi connectivity index (χ1) is 9.14. The van der Waals surface area contributed by atoms with Crippen LogP contribution in [0.1, 0.15) is 18.9 Å². The molecule has 1 aromatic carbocycles. The van der Waals surface area contributed by atoms with Crippen molar-refractivity contribution in [2.24, 2.45) is 0 Å². The van der Waals surface area contributed by atoms with Gasteiger partial charge in [0.05, 0.1) is 6.61 Å². The summed E-state index contributed by atoms with van der Waals surface area (Å²) in [5, 5.41) is 13.2. The zero-order chi connectivity index (χ0) is 13.7. The average molecular weight is 266 g/mol. The van der Waals surface area contributed by atoms with Crippen molar-refractivity contribution in [3.8, 4) is 0 Å². The summed E-state index contributed by atoms with van der Waals surface area (Å²) >= 11 is 0. The Morgan fingerprint density at radius 3 is 2.95 bits per heavy atom. The fourth-order valence-electron chi connectivity index (χ4n) is 2.74. The fourth-order valence-corrected chi connectivity index (χ4v) is 2.74. The van der Waals surface area contributed by atoms with Crippen molar-refractivity contribution in [3.05, 3.63) is 35.6 Å². The van der Waals surface area contributed by atoms with Crippen LogP contribution in [-0.4, -0.2) is 48.3 Å². The molecule has 1 saturated heterocycles. The molecule has 0 bridgehead atoms. The third-order valence-corrected chi connectivity index (χ3v) is 3.92. The van der Waals surface area contributed by atoms with Crippen LogP contribution in [0.4, 0.5) is 4.39 Å². The molecule has 0 radical (unpaired) electrons. The van der Waals surface area contributed by atoms with Gasteiger partial charge in [-0.15, -0.1) is 0 Å². The molecule has 0 spiro atoms. The number of aliphatic hydroxyl groups excluding tert-OH is 1. The highest BCUT2D eigenvalue weighted by Gasteiger charge is 2.31. The fraction of sp³-hybridized carbons (Fsp3) is 0.600. The number of benzene rings is 1. The minimum absolute atomic E-state index is 0.0868. The molecule has 0 saturated carbocycles. The van der Waals surface area contributed by atoms with Gasteiger partial charge in [-0.05, 0) is 44.0 Å². The van der Waals surface area contributed by atoms with Crippen molar-refractivity contribution in [3.63, 3.8) is 0 Å². The van der Waals surface area contributed by atoms with Crippen molar-refractivity contribution in [1.82, 2.24) is 10.2 Å². The maximum atomic E-state index is 13.3. The van der Waals surface area contributed by atoms with Crippen LogP contribution in [0.5, 0.6) is 0 Å². The van der Waals surface area contributed by atoms with Gasteiger partial charge in [-0.3, -0.25) is 4.90 Å². The molecule has 2 N–H and O–H groups in total. The van der Waals surface area contributed by atoms with E-state index in [4.69, 9.17) is 0 Å². The number of nitrogens with zero attached hydrogens (tertiary/aromatic N) is 1. The molecule has 0 aliphatic carbocycles. The molecular formula is C15H23FN2O. The molecule has 0 amide bonds. The van der Waals surface area contributed by atoms with E-state index in [2.05, 4.69) is 17.1 Å². The topological polar surface area (TPSA) is 35.5 Å². The van der Waals surface area contributed by atoms with Crippen molar-refractivity contribution < 1.29 is 9.50 Å². The van der Waals surface area contributed by atoms with Gasteiger partial charge in [-0.25, -0.2) is 4.39 Å². The third kappa shape index (κ3) is 3.75. The highest BCUT2D eigenvalue weighted by molar-refractivity contribution is 5.19. The number of aliphatic hydroxyl groups is 1. The van der Waals surface area contributed by atoms with E-state index in [-0.39, 0.29) is 18.0 Å². The zero-order valence-corrected chi connectivity index (χ0v) is 11.5. The lowest BCUT2D eigenvalue weighted by atomic mass is 9.91. The Bertz CT molecular complexity index is 405. The van der Waals surface area contributed by atoms with Crippen molar-refractivity contribution in [2.45, 2.75) is 25.3 Å². The minimum Gasteiger partial charge on any atom is -0.394 e. The highest BCUT2D eigenvalue weighted by Crippen LogP contribution is 2.22. The van der Waals surface area contributed by atoms with Gasteiger partial charge >= 0.3 is 0 Å². The number of hydrogen-bond acceptors (Lipinski definition) is 3. The lowest BCUT2D eigenvalue weighted by Crippen LogP contribution is -2.52. The first kappa shape index (κ1) is 14.4. The SMILES string of the molecule is CC(CO)(Cc1cccc(F)c1)N1CCCNCC1. The molecule has 3 nitrogen and oxygen atoms in total. The standard InChI is InChI=1S/C15H23FN2O/c1-15(12-19,18-8-3-6-17-7-9-18)11-13-4-2-5-14(16)10-13/h2,4-5,10,17,19H,3,6-9,11-12H2,1H3. The molecule has 1 atom stereocenters. The van der Waals surface area contributed by atoms with E-state index < -0.39 is 0 Å². The predicted molar refractivity (Wildman–Crippen MR) is 74.7 cm³/mol. The predicted octanol–water partition coefficient (Wildman–Crippen LogP) is 1.41. The molecule has 19 heavy (non-hydrogen) atoms.